The number of carbonyl (C=O) groups excluding carboxylic acids is 1. The van der Waals surface area contributed by atoms with Crippen LogP contribution in [-0.2, 0) is 14.8 Å². The molecule has 0 bridgehead atoms. The maximum absolute atomic E-state index is 13.0. The van der Waals surface area contributed by atoms with Crippen molar-refractivity contribution in [1.82, 2.24) is 14.5 Å². The van der Waals surface area contributed by atoms with Gasteiger partial charge in [0.25, 0.3) is 0 Å². The van der Waals surface area contributed by atoms with Gasteiger partial charge in [0.1, 0.15) is 16.4 Å². The summed E-state index contributed by atoms with van der Waals surface area (Å²) in [6.07, 6.45) is 1.85. The SMILES string of the molecule is COc1ccc(OC)c(S(=O)(=O)N2CCN(C(=O)C3CCCN3)CC2)c1.Cl. The third kappa shape index (κ3) is 4.48. The van der Waals surface area contributed by atoms with E-state index in [0.29, 0.717) is 18.8 Å². The number of hydrogen-bond donors (Lipinski definition) is 1. The molecule has 1 N–H and O–H groups in total. The molecule has 2 fully saturated rings. The third-order valence-corrected chi connectivity index (χ3v) is 6.82. The number of hydrogen-bond acceptors (Lipinski definition) is 6. The summed E-state index contributed by atoms with van der Waals surface area (Å²) in [5, 5.41) is 3.20. The summed E-state index contributed by atoms with van der Waals surface area (Å²) in [6.45, 7) is 2.17. The average Bonchev–Trinajstić information content (AvgIpc) is 3.21. The molecule has 1 atom stereocenters. The molecule has 8 nitrogen and oxygen atoms in total. The van der Waals surface area contributed by atoms with Gasteiger partial charge in [0.05, 0.1) is 20.3 Å². The predicted molar refractivity (Wildman–Crippen MR) is 103 cm³/mol. The second kappa shape index (κ2) is 9.09. The van der Waals surface area contributed by atoms with Crippen LogP contribution in [0, 0.1) is 0 Å². The minimum Gasteiger partial charge on any atom is -0.497 e. The fourth-order valence-corrected chi connectivity index (χ4v) is 4.98. The highest BCUT2D eigenvalue weighted by Crippen LogP contribution is 2.31. The van der Waals surface area contributed by atoms with Crippen LogP contribution in [0.25, 0.3) is 0 Å². The molecule has 0 radical (unpaired) electrons. The van der Waals surface area contributed by atoms with Gasteiger partial charge in [0, 0.05) is 32.2 Å². The molecular weight excluding hydrogens is 394 g/mol. The number of carbonyl (C=O) groups is 1. The van der Waals surface area contributed by atoms with Crippen molar-refractivity contribution in [2.24, 2.45) is 0 Å². The molecule has 1 amide bonds. The number of amides is 1. The van der Waals surface area contributed by atoms with Gasteiger partial charge in [0.2, 0.25) is 15.9 Å². The Morgan fingerprint density at radius 2 is 1.85 bits per heavy atom. The summed E-state index contributed by atoms with van der Waals surface area (Å²) in [6, 6.07) is 4.57. The van der Waals surface area contributed by atoms with Crippen LogP contribution < -0.4 is 14.8 Å². The summed E-state index contributed by atoms with van der Waals surface area (Å²) in [5.74, 6) is 0.795. The Balaban J connectivity index is 0.00000261. The summed E-state index contributed by atoms with van der Waals surface area (Å²) < 4.78 is 37.8. The lowest BCUT2D eigenvalue weighted by Crippen LogP contribution is -2.54. The first-order valence-corrected chi connectivity index (χ1v) is 10.2. The van der Waals surface area contributed by atoms with Gasteiger partial charge >= 0.3 is 0 Å². The van der Waals surface area contributed by atoms with Gasteiger partial charge in [-0.2, -0.15) is 4.31 Å². The second-order valence-corrected chi connectivity index (χ2v) is 8.30. The van der Waals surface area contributed by atoms with Gasteiger partial charge in [-0.1, -0.05) is 0 Å². The maximum Gasteiger partial charge on any atom is 0.247 e. The van der Waals surface area contributed by atoms with Crippen LogP contribution in [0.3, 0.4) is 0 Å². The van der Waals surface area contributed by atoms with E-state index in [2.05, 4.69) is 5.32 Å². The van der Waals surface area contributed by atoms with E-state index < -0.39 is 10.0 Å². The number of ether oxygens (including phenoxy) is 2. The Hall–Kier alpha value is -1.55. The monoisotopic (exact) mass is 419 g/mol. The maximum atomic E-state index is 13.0. The normalized spacial score (nSPS) is 20.8. The average molecular weight is 420 g/mol. The zero-order valence-electron chi connectivity index (χ0n) is 15.5. The topological polar surface area (TPSA) is 88.2 Å². The van der Waals surface area contributed by atoms with Crippen molar-refractivity contribution in [2.75, 3.05) is 46.9 Å². The molecular formula is C17H26ClN3O5S. The van der Waals surface area contributed by atoms with Crippen LogP contribution in [0.2, 0.25) is 0 Å². The first-order chi connectivity index (χ1) is 12.5. The largest absolute Gasteiger partial charge is 0.497 e. The number of halogens is 1. The van der Waals surface area contributed by atoms with Crippen molar-refractivity contribution in [2.45, 2.75) is 23.8 Å². The molecule has 2 saturated heterocycles. The van der Waals surface area contributed by atoms with E-state index in [0.717, 1.165) is 19.4 Å². The third-order valence-electron chi connectivity index (χ3n) is 4.90. The molecule has 2 aliphatic heterocycles. The van der Waals surface area contributed by atoms with Crippen molar-refractivity contribution in [3.8, 4) is 11.5 Å². The molecule has 152 valence electrons. The lowest BCUT2D eigenvalue weighted by molar-refractivity contribution is -0.134. The number of piperazine rings is 1. The van der Waals surface area contributed by atoms with E-state index in [9.17, 15) is 13.2 Å². The molecule has 0 aromatic heterocycles. The summed E-state index contributed by atoms with van der Waals surface area (Å²) in [5.41, 5.74) is 0. The van der Waals surface area contributed by atoms with Gasteiger partial charge in [0.15, 0.2) is 0 Å². The minimum atomic E-state index is -3.73. The van der Waals surface area contributed by atoms with Crippen molar-refractivity contribution in [3.63, 3.8) is 0 Å². The lowest BCUT2D eigenvalue weighted by atomic mass is 10.2. The Morgan fingerprint density at radius 1 is 1.15 bits per heavy atom. The molecule has 10 heteroatoms. The highest BCUT2D eigenvalue weighted by molar-refractivity contribution is 7.89. The number of nitrogens with one attached hydrogen (secondary N) is 1. The van der Waals surface area contributed by atoms with Crippen LogP contribution in [0.4, 0.5) is 0 Å². The number of nitrogens with zero attached hydrogens (tertiary/aromatic N) is 2. The summed E-state index contributed by atoms with van der Waals surface area (Å²) in [7, 11) is -0.808. The Labute approximate surface area is 166 Å². The molecule has 27 heavy (non-hydrogen) atoms. The predicted octanol–water partition coefficient (Wildman–Crippen LogP) is 0.711. The Bertz CT molecular complexity index is 760. The van der Waals surface area contributed by atoms with Gasteiger partial charge in [-0.05, 0) is 31.5 Å². The van der Waals surface area contributed by atoms with Crippen LogP contribution in [0.5, 0.6) is 11.5 Å². The molecule has 3 rings (SSSR count). The number of sulfonamides is 1. The molecule has 2 heterocycles. The van der Waals surface area contributed by atoms with Crippen molar-refractivity contribution in [1.29, 1.82) is 0 Å². The van der Waals surface area contributed by atoms with Crippen molar-refractivity contribution >= 4 is 28.3 Å². The molecule has 0 aliphatic carbocycles. The van der Waals surface area contributed by atoms with E-state index in [4.69, 9.17) is 9.47 Å². The first-order valence-electron chi connectivity index (χ1n) is 8.71. The standard InChI is InChI=1S/C17H25N3O5S.ClH/c1-24-13-5-6-15(25-2)16(12-13)26(22,23)20-10-8-19(9-11-20)17(21)14-4-3-7-18-14;/h5-6,12,14,18H,3-4,7-11H2,1-2H3;1H. The molecule has 1 aromatic rings. The van der Waals surface area contributed by atoms with Gasteiger partial charge < -0.3 is 19.7 Å². The van der Waals surface area contributed by atoms with E-state index in [-0.39, 0.29) is 48.1 Å². The fourth-order valence-electron chi connectivity index (χ4n) is 3.39. The van der Waals surface area contributed by atoms with E-state index in [1.807, 2.05) is 0 Å². The van der Waals surface area contributed by atoms with E-state index in [1.165, 1.54) is 24.6 Å². The molecule has 1 unspecified atom stereocenters. The fraction of sp³-hybridized carbons (Fsp3) is 0.588. The van der Waals surface area contributed by atoms with Crippen LogP contribution >= 0.6 is 12.4 Å². The highest BCUT2D eigenvalue weighted by atomic mass is 35.5. The van der Waals surface area contributed by atoms with Crippen molar-refractivity contribution in [3.05, 3.63) is 18.2 Å². The number of rotatable bonds is 5. The van der Waals surface area contributed by atoms with E-state index in [1.54, 1.807) is 17.0 Å². The molecule has 0 saturated carbocycles. The van der Waals surface area contributed by atoms with Crippen molar-refractivity contribution < 1.29 is 22.7 Å². The zero-order valence-corrected chi connectivity index (χ0v) is 17.1. The summed E-state index contributed by atoms with van der Waals surface area (Å²) in [4.78, 5) is 14.3. The molecule has 1 aromatic carbocycles. The quantitative estimate of drug-likeness (QED) is 0.756. The van der Waals surface area contributed by atoms with Gasteiger partial charge in [-0.25, -0.2) is 8.42 Å². The first kappa shape index (κ1) is 21.7. The van der Waals surface area contributed by atoms with Crippen LogP contribution in [0.1, 0.15) is 12.8 Å². The number of methoxy groups -OCH3 is 2. The summed E-state index contributed by atoms with van der Waals surface area (Å²) >= 11 is 0. The lowest BCUT2D eigenvalue weighted by Gasteiger charge is -2.35. The Kier molecular flexibility index (Phi) is 7.32. The van der Waals surface area contributed by atoms with Crippen LogP contribution in [0.15, 0.2) is 23.1 Å². The van der Waals surface area contributed by atoms with Gasteiger partial charge in [-0.15, -0.1) is 12.4 Å². The number of benzene rings is 1. The zero-order chi connectivity index (χ0) is 18.7. The molecule has 0 spiro atoms. The minimum absolute atomic E-state index is 0. The second-order valence-electron chi connectivity index (χ2n) is 6.40. The Morgan fingerprint density at radius 3 is 2.41 bits per heavy atom. The highest BCUT2D eigenvalue weighted by Gasteiger charge is 2.34. The smallest absolute Gasteiger partial charge is 0.247 e. The molecule has 2 aliphatic rings. The van der Waals surface area contributed by atoms with E-state index >= 15 is 0 Å². The van der Waals surface area contributed by atoms with Gasteiger partial charge in [-0.3, -0.25) is 4.79 Å². The van der Waals surface area contributed by atoms with Crippen LogP contribution in [-0.4, -0.2) is 76.5 Å².